The monoisotopic (exact) mass is 264 g/mol. The van der Waals surface area contributed by atoms with Crippen molar-refractivity contribution < 1.29 is 9.59 Å². The SMILES string of the molecule is CCCNC(=O)CN(C)C(=O)Nc1cccc(N)c1. The molecule has 0 radical (unpaired) electrons. The lowest BCUT2D eigenvalue weighted by molar-refractivity contribution is -0.121. The highest BCUT2D eigenvalue weighted by molar-refractivity contribution is 5.92. The van der Waals surface area contributed by atoms with Gasteiger partial charge in [0.25, 0.3) is 0 Å². The molecule has 0 spiro atoms. The van der Waals surface area contributed by atoms with E-state index in [0.717, 1.165) is 6.42 Å². The van der Waals surface area contributed by atoms with Gasteiger partial charge in [0.05, 0.1) is 0 Å². The Morgan fingerprint density at radius 1 is 1.37 bits per heavy atom. The van der Waals surface area contributed by atoms with Gasteiger partial charge < -0.3 is 21.3 Å². The fourth-order valence-electron chi connectivity index (χ4n) is 1.44. The second-order valence-electron chi connectivity index (χ2n) is 4.26. The van der Waals surface area contributed by atoms with E-state index < -0.39 is 0 Å². The van der Waals surface area contributed by atoms with Crippen LogP contribution in [-0.4, -0.2) is 37.0 Å². The average molecular weight is 264 g/mol. The van der Waals surface area contributed by atoms with Crippen molar-refractivity contribution in [2.75, 3.05) is 31.2 Å². The fraction of sp³-hybridized carbons (Fsp3) is 0.385. The largest absolute Gasteiger partial charge is 0.399 e. The number of nitrogen functional groups attached to an aromatic ring is 1. The van der Waals surface area contributed by atoms with Crippen molar-refractivity contribution in [3.63, 3.8) is 0 Å². The number of anilines is 2. The molecule has 1 rings (SSSR count). The van der Waals surface area contributed by atoms with Crippen LogP contribution in [0, 0.1) is 0 Å². The third-order valence-corrected chi connectivity index (χ3v) is 2.44. The minimum Gasteiger partial charge on any atom is -0.399 e. The number of carbonyl (C=O) groups excluding carboxylic acids is 2. The van der Waals surface area contributed by atoms with Gasteiger partial charge in [-0.05, 0) is 24.6 Å². The molecule has 0 saturated heterocycles. The van der Waals surface area contributed by atoms with Crippen molar-refractivity contribution in [1.82, 2.24) is 10.2 Å². The van der Waals surface area contributed by atoms with Crippen molar-refractivity contribution in [3.8, 4) is 0 Å². The first kappa shape index (κ1) is 14.8. The summed E-state index contributed by atoms with van der Waals surface area (Å²) in [6.45, 7) is 2.61. The summed E-state index contributed by atoms with van der Waals surface area (Å²) < 4.78 is 0. The highest BCUT2D eigenvalue weighted by atomic mass is 16.2. The van der Waals surface area contributed by atoms with E-state index in [0.29, 0.717) is 17.9 Å². The number of likely N-dealkylation sites (N-methyl/N-ethyl adjacent to an activating group) is 1. The zero-order chi connectivity index (χ0) is 14.3. The van der Waals surface area contributed by atoms with Crippen LogP contribution in [0.5, 0.6) is 0 Å². The van der Waals surface area contributed by atoms with Gasteiger partial charge in [0.1, 0.15) is 6.54 Å². The third kappa shape index (κ3) is 5.29. The summed E-state index contributed by atoms with van der Waals surface area (Å²) in [5, 5.41) is 5.38. The predicted octanol–water partition coefficient (Wildman–Crippen LogP) is 1.26. The van der Waals surface area contributed by atoms with Crippen LogP contribution in [0.15, 0.2) is 24.3 Å². The standard InChI is InChI=1S/C13H20N4O2/c1-3-7-15-12(18)9-17(2)13(19)16-11-6-4-5-10(14)8-11/h4-6,8H,3,7,9,14H2,1-2H3,(H,15,18)(H,16,19). The van der Waals surface area contributed by atoms with Gasteiger partial charge in [-0.3, -0.25) is 4.79 Å². The zero-order valence-corrected chi connectivity index (χ0v) is 11.3. The maximum absolute atomic E-state index is 11.8. The molecule has 0 aliphatic heterocycles. The number of nitrogens with two attached hydrogens (primary N) is 1. The Kier molecular flexibility index (Phi) is 5.66. The van der Waals surface area contributed by atoms with E-state index in [1.807, 2.05) is 6.92 Å². The molecule has 0 bridgehead atoms. The number of benzene rings is 1. The number of hydrogen-bond acceptors (Lipinski definition) is 3. The molecule has 1 aromatic rings. The molecule has 3 amide bonds. The first-order valence-electron chi connectivity index (χ1n) is 6.17. The molecular formula is C13H20N4O2. The van der Waals surface area contributed by atoms with Gasteiger partial charge in [-0.2, -0.15) is 0 Å². The fourth-order valence-corrected chi connectivity index (χ4v) is 1.44. The molecule has 19 heavy (non-hydrogen) atoms. The van der Waals surface area contributed by atoms with E-state index in [1.165, 1.54) is 4.90 Å². The lowest BCUT2D eigenvalue weighted by Gasteiger charge is -2.17. The number of hydrogen-bond donors (Lipinski definition) is 3. The van der Waals surface area contributed by atoms with Gasteiger partial charge in [-0.15, -0.1) is 0 Å². The highest BCUT2D eigenvalue weighted by Crippen LogP contribution is 2.12. The Balaban J connectivity index is 2.46. The van der Waals surface area contributed by atoms with Crippen LogP contribution in [0.3, 0.4) is 0 Å². The van der Waals surface area contributed by atoms with Crippen molar-refractivity contribution in [1.29, 1.82) is 0 Å². The van der Waals surface area contributed by atoms with Gasteiger partial charge in [0.15, 0.2) is 0 Å². The molecular weight excluding hydrogens is 244 g/mol. The Hall–Kier alpha value is -2.24. The number of urea groups is 1. The smallest absolute Gasteiger partial charge is 0.322 e. The molecule has 0 saturated carbocycles. The highest BCUT2D eigenvalue weighted by Gasteiger charge is 2.12. The number of nitrogens with one attached hydrogen (secondary N) is 2. The predicted molar refractivity (Wildman–Crippen MR) is 75.8 cm³/mol. The van der Waals surface area contributed by atoms with Crippen LogP contribution in [-0.2, 0) is 4.79 Å². The summed E-state index contributed by atoms with van der Waals surface area (Å²) in [7, 11) is 1.56. The quantitative estimate of drug-likeness (QED) is 0.700. The van der Waals surface area contributed by atoms with Gasteiger partial charge in [0, 0.05) is 25.0 Å². The minimum atomic E-state index is -0.350. The van der Waals surface area contributed by atoms with Crippen LogP contribution in [0.25, 0.3) is 0 Å². The lowest BCUT2D eigenvalue weighted by atomic mass is 10.3. The first-order chi connectivity index (χ1) is 9.02. The van der Waals surface area contributed by atoms with Gasteiger partial charge in [-0.1, -0.05) is 13.0 Å². The molecule has 1 aromatic carbocycles. The van der Waals surface area contributed by atoms with Crippen molar-refractivity contribution >= 4 is 23.3 Å². The molecule has 104 valence electrons. The van der Waals surface area contributed by atoms with Crippen molar-refractivity contribution in [3.05, 3.63) is 24.3 Å². The summed E-state index contributed by atoms with van der Waals surface area (Å²) in [6, 6.07) is 6.52. The van der Waals surface area contributed by atoms with Gasteiger partial charge in [-0.25, -0.2) is 4.79 Å². The van der Waals surface area contributed by atoms with Crippen molar-refractivity contribution in [2.24, 2.45) is 0 Å². The maximum Gasteiger partial charge on any atom is 0.322 e. The second kappa shape index (κ2) is 7.25. The lowest BCUT2D eigenvalue weighted by Crippen LogP contribution is -2.40. The van der Waals surface area contributed by atoms with Crippen LogP contribution < -0.4 is 16.4 Å². The van der Waals surface area contributed by atoms with E-state index in [1.54, 1.807) is 31.3 Å². The topological polar surface area (TPSA) is 87.5 Å². The summed E-state index contributed by atoms with van der Waals surface area (Å²) >= 11 is 0. The summed E-state index contributed by atoms with van der Waals surface area (Å²) in [5.41, 5.74) is 6.79. The Morgan fingerprint density at radius 3 is 2.74 bits per heavy atom. The third-order valence-electron chi connectivity index (χ3n) is 2.44. The first-order valence-corrected chi connectivity index (χ1v) is 6.17. The van der Waals surface area contributed by atoms with Crippen LogP contribution in [0.2, 0.25) is 0 Å². The normalized spacial score (nSPS) is 9.79. The van der Waals surface area contributed by atoms with E-state index in [9.17, 15) is 9.59 Å². The molecule has 0 aromatic heterocycles. The molecule has 6 heteroatoms. The average Bonchev–Trinajstić information content (AvgIpc) is 2.36. The van der Waals surface area contributed by atoms with E-state index in [-0.39, 0.29) is 18.5 Å². The zero-order valence-electron chi connectivity index (χ0n) is 11.3. The minimum absolute atomic E-state index is 0.0220. The van der Waals surface area contributed by atoms with Crippen LogP contribution in [0.1, 0.15) is 13.3 Å². The molecule has 0 heterocycles. The summed E-state index contributed by atoms with van der Waals surface area (Å²) in [6.07, 6.45) is 0.866. The molecule has 4 N–H and O–H groups in total. The second-order valence-corrected chi connectivity index (χ2v) is 4.26. The molecule has 0 unspecified atom stereocenters. The Morgan fingerprint density at radius 2 is 2.11 bits per heavy atom. The molecule has 0 aliphatic carbocycles. The number of nitrogens with zero attached hydrogens (tertiary/aromatic N) is 1. The molecule has 0 atom stereocenters. The molecule has 6 nitrogen and oxygen atoms in total. The molecule has 0 fully saturated rings. The number of carbonyl (C=O) groups is 2. The van der Waals surface area contributed by atoms with Crippen LogP contribution in [0.4, 0.5) is 16.2 Å². The molecule has 0 aliphatic rings. The van der Waals surface area contributed by atoms with Crippen molar-refractivity contribution in [2.45, 2.75) is 13.3 Å². The van der Waals surface area contributed by atoms with E-state index in [2.05, 4.69) is 10.6 Å². The van der Waals surface area contributed by atoms with E-state index in [4.69, 9.17) is 5.73 Å². The number of rotatable bonds is 5. The van der Waals surface area contributed by atoms with Gasteiger partial charge >= 0.3 is 6.03 Å². The summed E-state index contributed by atoms with van der Waals surface area (Å²) in [4.78, 5) is 24.6. The maximum atomic E-state index is 11.8. The Labute approximate surface area is 113 Å². The van der Waals surface area contributed by atoms with E-state index >= 15 is 0 Å². The Bertz CT molecular complexity index is 448. The van der Waals surface area contributed by atoms with Gasteiger partial charge in [0.2, 0.25) is 5.91 Å². The number of amides is 3. The summed E-state index contributed by atoms with van der Waals surface area (Å²) in [5.74, 6) is -0.174. The van der Waals surface area contributed by atoms with Crippen LogP contribution >= 0.6 is 0 Å².